The van der Waals surface area contributed by atoms with Crippen LogP contribution >= 0.6 is 0 Å². The van der Waals surface area contributed by atoms with E-state index in [0.717, 1.165) is 32.4 Å². The van der Waals surface area contributed by atoms with Crippen LogP contribution in [0.25, 0.3) is 0 Å². The maximum Gasteiger partial charge on any atom is 0.226 e. The highest BCUT2D eigenvalue weighted by molar-refractivity contribution is 5.80. The quantitative estimate of drug-likeness (QED) is 0.851. The molecule has 3 nitrogen and oxygen atoms in total. The van der Waals surface area contributed by atoms with E-state index in [-0.39, 0.29) is 18.4 Å². The molecule has 0 bridgehead atoms. The van der Waals surface area contributed by atoms with E-state index in [1.165, 1.54) is 11.1 Å². The number of fused-ring (bicyclic) bond motifs is 1. The van der Waals surface area contributed by atoms with Gasteiger partial charge in [0.25, 0.3) is 0 Å². The van der Waals surface area contributed by atoms with Crippen molar-refractivity contribution in [3.05, 3.63) is 35.4 Å². The summed E-state index contributed by atoms with van der Waals surface area (Å²) in [6, 6.07) is 8.43. The second kappa shape index (κ2) is 4.73. The highest BCUT2D eigenvalue weighted by Crippen LogP contribution is 2.28. The topological polar surface area (TPSA) is 40.5 Å². The molecule has 3 heteroatoms. The molecule has 1 heterocycles. The maximum absolute atomic E-state index is 12.3. The smallest absolute Gasteiger partial charge is 0.226 e. The van der Waals surface area contributed by atoms with E-state index in [2.05, 4.69) is 24.3 Å². The van der Waals surface area contributed by atoms with Gasteiger partial charge in [0.1, 0.15) is 0 Å². The van der Waals surface area contributed by atoms with Crippen molar-refractivity contribution in [2.75, 3.05) is 19.7 Å². The highest BCUT2D eigenvalue weighted by Gasteiger charge is 2.35. The lowest BCUT2D eigenvalue weighted by Gasteiger charge is -2.41. The molecule has 1 aliphatic carbocycles. The summed E-state index contributed by atoms with van der Waals surface area (Å²) in [4.78, 5) is 14.2. The van der Waals surface area contributed by atoms with Crippen LogP contribution in [0.5, 0.6) is 0 Å². The Balaban J connectivity index is 1.64. The summed E-state index contributed by atoms with van der Waals surface area (Å²) >= 11 is 0. The number of rotatable bonds is 2. The van der Waals surface area contributed by atoms with Crippen molar-refractivity contribution >= 4 is 5.91 Å². The number of aryl methyl sites for hydroxylation is 1. The monoisotopic (exact) mass is 245 g/mol. The van der Waals surface area contributed by atoms with Crippen molar-refractivity contribution in [2.45, 2.75) is 19.3 Å². The number of aliphatic hydroxyl groups excluding tert-OH is 1. The number of hydrogen-bond donors (Lipinski definition) is 1. The molecular weight excluding hydrogens is 226 g/mol. The average Bonchev–Trinajstić information content (AvgIpc) is 2.37. The van der Waals surface area contributed by atoms with Gasteiger partial charge in [0.2, 0.25) is 5.91 Å². The molecule has 0 spiro atoms. The first-order valence-corrected chi connectivity index (χ1v) is 6.74. The third-order valence-electron chi connectivity index (χ3n) is 4.22. The van der Waals surface area contributed by atoms with Gasteiger partial charge in [-0.05, 0) is 30.4 Å². The fourth-order valence-corrected chi connectivity index (χ4v) is 3.03. The summed E-state index contributed by atoms with van der Waals surface area (Å²) in [6.07, 6.45) is 2.87. The SMILES string of the molecule is O=C(C1CCc2ccccc2C1)N1CC(CO)C1. The molecule has 2 aliphatic rings. The molecule has 1 aromatic rings. The molecule has 1 amide bonds. The predicted molar refractivity (Wildman–Crippen MR) is 69.1 cm³/mol. The summed E-state index contributed by atoms with van der Waals surface area (Å²) in [5.74, 6) is 0.749. The highest BCUT2D eigenvalue weighted by atomic mass is 16.3. The Bertz CT molecular complexity index is 452. The normalized spacial score (nSPS) is 23.4. The first-order valence-electron chi connectivity index (χ1n) is 6.74. The van der Waals surface area contributed by atoms with Gasteiger partial charge in [-0.25, -0.2) is 0 Å². The van der Waals surface area contributed by atoms with Crippen LogP contribution in [0.4, 0.5) is 0 Å². The van der Waals surface area contributed by atoms with Gasteiger partial charge in [0, 0.05) is 31.5 Å². The molecule has 0 radical (unpaired) electrons. The molecule has 1 atom stereocenters. The number of hydrogen-bond acceptors (Lipinski definition) is 2. The Hall–Kier alpha value is -1.35. The van der Waals surface area contributed by atoms with Crippen molar-refractivity contribution < 1.29 is 9.90 Å². The lowest BCUT2D eigenvalue weighted by Crippen LogP contribution is -2.53. The van der Waals surface area contributed by atoms with Gasteiger partial charge in [0.05, 0.1) is 0 Å². The Morgan fingerprint density at radius 3 is 2.72 bits per heavy atom. The number of carbonyl (C=O) groups excluding carboxylic acids is 1. The number of likely N-dealkylation sites (tertiary alicyclic amines) is 1. The minimum Gasteiger partial charge on any atom is -0.396 e. The van der Waals surface area contributed by atoms with Crippen LogP contribution in [-0.2, 0) is 17.6 Å². The van der Waals surface area contributed by atoms with Crippen LogP contribution in [0.15, 0.2) is 24.3 Å². The molecule has 1 fully saturated rings. The van der Waals surface area contributed by atoms with E-state index in [1.54, 1.807) is 0 Å². The van der Waals surface area contributed by atoms with Crippen molar-refractivity contribution in [3.63, 3.8) is 0 Å². The fraction of sp³-hybridized carbons (Fsp3) is 0.533. The van der Waals surface area contributed by atoms with E-state index in [4.69, 9.17) is 5.11 Å². The van der Waals surface area contributed by atoms with Crippen molar-refractivity contribution in [1.82, 2.24) is 4.90 Å². The Labute approximate surface area is 107 Å². The second-order valence-electron chi connectivity index (χ2n) is 5.50. The third kappa shape index (κ3) is 2.03. The molecule has 0 saturated carbocycles. The van der Waals surface area contributed by atoms with Gasteiger partial charge < -0.3 is 10.0 Å². The standard InChI is InChI=1S/C15H19NO2/c17-10-11-8-16(9-11)15(18)14-6-5-12-3-1-2-4-13(12)7-14/h1-4,11,14,17H,5-10H2. The summed E-state index contributed by atoms with van der Waals surface area (Å²) in [5, 5.41) is 8.99. The van der Waals surface area contributed by atoms with Crippen molar-refractivity contribution in [3.8, 4) is 0 Å². The zero-order valence-corrected chi connectivity index (χ0v) is 10.5. The number of carbonyl (C=O) groups is 1. The molecule has 1 aromatic carbocycles. The summed E-state index contributed by atoms with van der Waals surface area (Å²) in [7, 11) is 0. The van der Waals surface area contributed by atoms with Crippen LogP contribution in [0.3, 0.4) is 0 Å². The fourth-order valence-electron chi connectivity index (χ4n) is 3.03. The minimum atomic E-state index is 0.152. The lowest BCUT2D eigenvalue weighted by molar-refractivity contribution is -0.143. The second-order valence-corrected chi connectivity index (χ2v) is 5.50. The molecule has 0 aromatic heterocycles. The largest absolute Gasteiger partial charge is 0.396 e. The zero-order valence-electron chi connectivity index (χ0n) is 10.5. The van der Waals surface area contributed by atoms with E-state index in [0.29, 0.717) is 5.92 Å². The summed E-state index contributed by atoms with van der Waals surface area (Å²) in [6.45, 7) is 1.69. The number of aliphatic hydroxyl groups is 1. The van der Waals surface area contributed by atoms with E-state index >= 15 is 0 Å². The number of amides is 1. The summed E-state index contributed by atoms with van der Waals surface area (Å²) < 4.78 is 0. The molecule has 1 saturated heterocycles. The van der Waals surface area contributed by atoms with Crippen LogP contribution in [0.1, 0.15) is 17.5 Å². The van der Waals surface area contributed by atoms with E-state index in [9.17, 15) is 4.79 Å². The first-order chi connectivity index (χ1) is 8.78. The number of benzene rings is 1. The Morgan fingerprint density at radius 2 is 2.00 bits per heavy atom. The first kappa shape index (κ1) is 11.7. The van der Waals surface area contributed by atoms with Gasteiger partial charge in [0.15, 0.2) is 0 Å². The maximum atomic E-state index is 12.3. The van der Waals surface area contributed by atoms with Gasteiger partial charge in [-0.2, -0.15) is 0 Å². The van der Waals surface area contributed by atoms with Gasteiger partial charge >= 0.3 is 0 Å². The van der Waals surface area contributed by atoms with Crippen LogP contribution < -0.4 is 0 Å². The average molecular weight is 245 g/mol. The van der Waals surface area contributed by atoms with Crippen molar-refractivity contribution in [2.24, 2.45) is 11.8 Å². The molecule has 1 aliphatic heterocycles. The van der Waals surface area contributed by atoms with Crippen molar-refractivity contribution in [1.29, 1.82) is 0 Å². The van der Waals surface area contributed by atoms with Gasteiger partial charge in [-0.3, -0.25) is 4.79 Å². The molecule has 96 valence electrons. The summed E-state index contributed by atoms with van der Waals surface area (Å²) in [5.41, 5.74) is 2.74. The van der Waals surface area contributed by atoms with Gasteiger partial charge in [-0.15, -0.1) is 0 Å². The van der Waals surface area contributed by atoms with Crippen LogP contribution in [0, 0.1) is 11.8 Å². The molecule has 3 rings (SSSR count). The van der Waals surface area contributed by atoms with Crippen LogP contribution in [0.2, 0.25) is 0 Å². The molecule has 1 N–H and O–H groups in total. The third-order valence-corrected chi connectivity index (χ3v) is 4.22. The molecular formula is C15H19NO2. The van der Waals surface area contributed by atoms with Gasteiger partial charge in [-0.1, -0.05) is 24.3 Å². The molecule has 1 unspecified atom stereocenters. The zero-order chi connectivity index (χ0) is 12.5. The van der Waals surface area contributed by atoms with E-state index < -0.39 is 0 Å². The Kier molecular flexibility index (Phi) is 3.08. The number of nitrogens with zero attached hydrogens (tertiary/aromatic N) is 1. The minimum absolute atomic E-state index is 0.152. The lowest BCUT2D eigenvalue weighted by atomic mass is 9.82. The predicted octanol–water partition coefficient (Wildman–Crippen LogP) is 1.24. The molecule has 18 heavy (non-hydrogen) atoms. The Morgan fingerprint density at radius 1 is 1.28 bits per heavy atom. The van der Waals surface area contributed by atoms with E-state index in [1.807, 2.05) is 4.90 Å². The van der Waals surface area contributed by atoms with Crippen LogP contribution in [-0.4, -0.2) is 35.6 Å².